The van der Waals surface area contributed by atoms with Crippen molar-refractivity contribution in [3.8, 4) is 11.5 Å². The zero-order valence-corrected chi connectivity index (χ0v) is 13.6. The fourth-order valence-electron chi connectivity index (χ4n) is 2.89. The van der Waals surface area contributed by atoms with Crippen LogP contribution in [0.5, 0.6) is 11.5 Å². The number of nitrogens with one attached hydrogen (secondary N) is 1. The van der Waals surface area contributed by atoms with E-state index in [1.807, 2.05) is 18.2 Å². The Morgan fingerprint density at radius 3 is 2.84 bits per heavy atom. The van der Waals surface area contributed by atoms with Crippen molar-refractivity contribution in [3.63, 3.8) is 0 Å². The van der Waals surface area contributed by atoms with Gasteiger partial charge >= 0.3 is 0 Å². The van der Waals surface area contributed by atoms with Gasteiger partial charge in [-0.1, -0.05) is 6.07 Å². The van der Waals surface area contributed by atoms with E-state index in [0.717, 1.165) is 30.2 Å². The molecule has 1 aromatic heterocycles. The van der Waals surface area contributed by atoms with Gasteiger partial charge in [-0.05, 0) is 36.6 Å². The molecule has 1 N–H and O–H groups in total. The number of amides is 1. The first-order chi connectivity index (χ1) is 12.3. The second-order valence-corrected chi connectivity index (χ2v) is 5.89. The number of carbonyl (C=O) groups excluding carboxylic acids is 1. The van der Waals surface area contributed by atoms with Gasteiger partial charge in [0.05, 0.1) is 0 Å². The first-order valence-electron chi connectivity index (χ1n) is 8.24. The lowest BCUT2D eigenvalue weighted by Gasteiger charge is -2.16. The van der Waals surface area contributed by atoms with Crippen molar-refractivity contribution < 1.29 is 14.3 Å². The zero-order valence-electron chi connectivity index (χ0n) is 13.6. The normalized spacial score (nSPS) is 15.8. The number of benzene rings is 1. The fourth-order valence-corrected chi connectivity index (χ4v) is 2.89. The Kier molecular flexibility index (Phi) is 4.20. The van der Waals surface area contributed by atoms with E-state index in [-0.39, 0.29) is 12.7 Å². The summed E-state index contributed by atoms with van der Waals surface area (Å²) in [4.78, 5) is 22.7. The van der Waals surface area contributed by atoms with Gasteiger partial charge in [-0.2, -0.15) is 0 Å². The van der Waals surface area contributed by atoms with E-state index in [0.29, 0.717) is 11.6 Å². The molecule has 0 bridgehead atoms. The average molecular weight is 338 g/mol. The van der Waals surface area contributed by atoms with E-state index >= 15 is 0 Å². The highest BCUT2D eigenvalue weighted by molar-refractivity contribution is 6.01. The first-order valence-corrected chi connectivity index (χ1v) is 8.24. The molecule has 2 aliphatic heterocycles. The number of hydrogen-bond acceptors (Lipinski definition) is 6. The minimum Gasteiger partial charge on any atom is -0.454 e. The van der Waals surface area contributed by atoms with Gasteiger partial charge in [0.2, 0.25) is 12.7 Å². The van der Waals surface area contributed by atoms with Crippen molar-refractivity contribution in [2.75, 3.05) is 30.1 Å². The second-order valence-electron chi connectivity index (χ2n) is 5.89. The van der Waals surface area contributed by atoms with Crippen LogP contribution in [0.25, 0.3) is 6.08 Å². The maximum absolute atomic E-state index is 12.1. The molecule has 0 spiro atoms. The molecule has 2 aromatic rings. The van der Waals surface area contributed by atoms with E-state index in [1.54, 1.807) is 12.1 Å². The van der Waals surface area contributed by atoms with E-state index in [2.05, 4.69) is 20.2 Å². The predicted octanol–water partition coefficient (Wildman–Crippen LogP) is 2.46. The number of ether oxygens (including phenoxy) is 2. The van der Waals surface area contributed by atoms with Crippen LogP contribution in [0.1, 0.15) is 18.4 Å². The van der Waals surface area contributed by atoms with Crippen LogP contribution in [0.15, 0.2) is 36.7 Å². The number of carbonyl (C=O) groups is 1. The summed E-state index contributed by atoms with van der Waals surface area (Å²) in [7, 11) is 0. The predicted molar refractivity (Wildman–Crippen MR) is 93.7 cm³/mol. The molecule has 0 radical (unpaired) electrons. The molecular weight excluding hydrogens is 320 g/mol. The highest BCUT2D eigenvalue weighted by atomic mass is 16.7. The molecule has 0 saturated carbocycles. The van der Waals surface area contributed by atoms with Crippen LogP contribution in [0, 0.1) is 0 Å². The summed E-state index contributed by atoms with van der Waals surface area (Å²) in [6, 6.07) is 7.33. The Balaban J connectivity index is 1.41. The zero-order chi connectivity index (χ0) is 17.1. The Hall–Kier alpha value is -3.09. The fraction of sp³-hybridized carbons (Fsp3) is 0.278. The quantitative estimate of drug-likeness (QED) is 0.863. The monoisotopic (exact) mass is 338 g/mol. The van der Waals surface area contributed by atoms with Gasteiger partial charge in [-0.15, -0.1) is 0 Å². The van der Waals surface area contributed by atoms with Gasteiger partial charge in [0, 0.05) is 25.2 Å². The maximum Gasteiger partial charge on any atom is 0.249 e. The molecule has 3 heterocycles. The third-order valence-electron chi connectivity index (χ3n) is 4.16. The lowest BCUT2D eigenvalue weighted by atomic mass is 10.2. The highest BCUT2D eigenvalue weighted by Gasteiger charge is 2.14. The number of fused-ring (bicyclic) bond motifs is 1. The number of hydrogen-bond donors (Lipinski definition) is 1. The standard InChI is InChI=1S/C18H18N4O3/c23-18(6-4-13-3-5-14-15(9-13)25-12-24-14)21-16-10-17(20-11-19-16)22-7-1-2-8-22/h3-6,9-11H,1-2,7-8,12H2,(H,19,20,21,23)/b6-4+. The van der Waals surface area contributed by atoms with Gasteiger partial charge in [0.15, 0.2) is 11.5 Å². The lowest BCUT2D eigenvalue weighted by Crippen LogP contribution is -2.19. The largest absolute Gasteiger partial charge is 0.454 e. The van der Waals surface area contributed by atoms with Crippen LogP contribution in [-0.4, -0.2) is 35.8 Å². The summed E-state index contributed by atoms with van der Waals surface area (Å²) in [5.41, 5.74) is 0.861. The molecule has 7 heteroatoms. The summed E-state index contributed by atoms with van der Waals surface area (Å²) in [5, 5.41) is 2.77. The van der Waals surface area contributed by atoms with Gasteiger partial charge in [0.1, 0.15) is 18.0 Å². The average Bonchev–Trinajstić information content (AvgIpc) is 3.31. The summed E-state index contributed by atoms with van der Waals surface area (Å²) >= 11 is 0. The number of nitrogens with zero attached hydrogens (tertiary/aromatic N) is 3. The van der Waals surface area contributed by atoms with Crippen molar-refractivity contribution in [2.24, 2.45) is 0 Å². The summed E-state index contributed by atoms with van der Waals surface area (Å²) in [5.74, 6) is 2.51. The van der Waals surface area contributed by atoms with E-state index in [9.17, 15) is 4.79 Å². The summed E-state index contributed by atoms with van der Waals surface area (Å²) < 4.78 is 10.6. The van der Waals surface area contributed by atoms with Crippen LogP contribution >= 0.6 is 0 Å². The minimum absolute atomic E-state index is 0.232. The van der Waals surface area contributed by atoms with E-state index in [4.69, 9.17) is 9.47 Å². The van der Waals surface area contributed by atoms with Gasteiger partial charge < -0.3 is 19.7 Å². The topological polar surface area (TPSA) is 76.6 Å². The Labute approximate surface area is 145 Å². The molecule has 128 valence electrons. The van der Waals surface area contributed by atoms with Crippen LogP contribution in [0.2, 0.25) is 0 Å². The molecule has 0 atom stereocenters. The number of rotatable bonds is 4. The molecule has 25 heavy (non-hydrogen) atoms. The van der Waals surface area contributed by atoms with Crippen LogP contribution in [0.3, 0.4) is 0 Å². The van der Waals surface area contributed by atoms with E-state index in [1.165, 1.54) is 25.2 Å². The lowest BCUT2D eigenvalue weighted by molar-refractivity contribution is -0.111. The third kappa shape index (κ3) is 3.55. The molecule has 0 unspecified atom stereocenters. The molecule has 0 aliphatic carbocycles. The van der Waals surface area contributed by atoms with Crippen molar-refractivity contribution in [3.05, 3.63) is 42.2 Å². The van der Waals surface area contributed by atoms with Crippen molar-refractivity contribution in [1.29, 1.82) is 0 Å². The summed E-state index contributed by atoms with van der Waals surface area (Å²) in [6.45, 7) is 2.22. The number of anilines is 2. The second kappa shape index (κ2) is 6.80. The molecule has 1 saturated heterocycles. The van der Waals surface area contributed by atoms with Crippen LogP contribution in [0.4, 0.5) is 11.6 Å². The molecule has 1 fully saturated rings. The Bertz CT molecular complexity index is 816. The third-order valence-corrected chi connectivity index (χ3v) is 4.16. The molecule has 1 amide bonds. The van der Waals surface area contributed by atoms with Crippen molar-refractivity contribution in [1.82, 2.24) is 9.97 Å². The van der Waals surface area contributed by atoms with E-state index < -0.39 is 0 Å². The Morgan fingerprint density at radius 1 is 1.12 bits per heavy atom. The number of aromatic nitrogens is 2. The molecule has 1 aromatic carbocycles. The highest BCUT2D eigenvalue weighted by Crippen LogP contribution is 2.32. The summed E-state index contributed by atoms with van der Waals surface area (Å²) in [6.07, 6.45) is 7.01. The SMILES string of the molecule is O=C(/C=C/c1ccc2c(c1)OCO2)Nc1cc(N2CCCC2)ncn1. The molecular formula is C18H18N4O3. The first kappa shape index (κ1) is 15.4. The molecule has 4 rings (SSSR count). The van der Waals surface area contributed by atoms with Crippen LogP contribution in [-0.2, 0) is 4.79 Å². The molecule has 2 aliphatic rings. The van der Waals surface area contributed by atoms with Crippen molar-refractivity contribution >= 4 is 23.6 Å². The van der Waals surface area contributed by atoms with Gasteiger partial charge in [-0.25, -0.2) is 9.97 Å². The van der Waals surface area contributed by atoms with Crippen LogP contribution < -0.4 is 19.7 Å². The van der Waals surface area contributed by atoms with Gasteiger partial charge in [0.25, 0.3) is 0 Å². The molecule has 7 nitrogen and oxygen atoms in total. The minimum atomic E-state index is -0.247. The van der Waals surface area contributed by atoms with Gasteiger partial charge in [-0.3, -0.25) is 4.79 Å². The van der Waals surface area contributed by atoms with Crippen molar-refractivity contribution in [2.45, 2.75) is 12.8 Å². The smallest absolute Gasteiger partial charge is 0.249 e. The maximum atomic E-state index is 12.1. The Morgan fingerprint density at radius 2 is 1.96 bits per heavy atom.